The maximum absolute atomic E-state index is 13.7. The Kier molecular flexibility index (Phi) is 4.97. The Balaban J connectivity index is 2.32. The van der Waals surface area contributed by atoms with Crippen LogP contribution in [0.15, 0.2) is 24.3 Å². The highest BCUT2D eigenvalue weighted by Crippen LogP contribution is 2.36. The summed E-state index contributed by atoms with van der Waals surface area (Å²) in [6.07, 6.45) is 2.89. The number of hydrogen-bond acceptors (Lipinski definition) is 4. The smallest absolute Gasteiger partial charge is 0.463 e. The van der Waals surface area contributed by atoms with Gasteiger partial charge in [-0.15, -0.1) is 0 Å². The lowest BCUT2D eigenvalue weighted by Gasteiger charge is -2.32. The molecular formula is C17H22BFO4. The van der Waals surface area contributed by atoms with Gasteiger partial charge >= 0.3 is 13.1 Å². The molecule has 6 heteroatoms. The van der Waals surface area contributed by atoms with Crippen molar-refractivity contribution in [2.24, 2.45) is 0 Å². The van der Waals surface area contributed by atoms with Crippen LogP contribution >= 0.6 is 0 Å². The fourth-order valence-corrected chi connectivity index (χ4v) is 2.22. The molecular weight excluding hydrogens is 298 g/mol. The molecule has 23 heavy (non-hydrogen) atoms. The van der Waals surface area contributed by atoms with E-state index in [-0.39, 0.29) is 5.82 Å². The molecule has 0 radical (unpaired) electrons. The highest BCUT2D eigenvalue weighted by Gasteiger charge is 2.52. The van der Waals surface area contributed by atoms with Crippen molar-refractivity contribution in [3.8, 4) is 0 Å². The summed E-state index contributed by atoms with van der Waals surface area (Å²) in [6, 6.07) is 4.29. The van der Waals surface area contributed by atoms with Crippen LogP contribution in [0, 0.1) is 5.82 Å². The van der Waals surface area contributed by atoms with Gasteiger partial charge in [-0.05, 0) is 63.9 Å². The minimum atomic E-state index is -0.697. The molecule has 0 spiro atoms. The third-order valence-corrected chi connectivity index (χ3v) is 4.24. The van der Waals surface area contributed by atoms with E-state index in [0.29, 0.717) is 17.6 Å². The fourth-order valence-electron chi connectivity index (χ4n) is 2.22. The first-order chi connectivity index (χ1) is 10.7. The number of benzene rings is 1. The predicted octanol–water partition coefficient (Wildman–Crippen LogP) is 2.70. The Bertz CT molecular complexity index is 609. The van der Waals surface area contributed by atoms with Gasteiger partial charge in [0.1, 0.15) is 5.82 Å². The number of ether oxygens (including phenoxy) is 1. The summed E-state index contributed by atoms with van der Waals surface area (Å²) < 4.78 is 30.5. The number of hydrogen-bond donors (Lipinski definition) is 0. The van der Waals surface area contributed by atoms with Crippen molar-refractivity contribution in [1.82, 2.24) is 0 Å². The predicted molar refractivity (Wildman–Crippen MR) is 87.8 cm³/mol. The molecule has 0 aliphatic carbocycles. The van der Waals surface area contributed by atoms with Crippen LogP contribution in [0.25, 0.3) is 6.08 Å². The molecule has 4 nitrogen and oxygen atoms in total. The minimum absolute atomic E-state index is 0.302. The molecule has 0 bridgehead atoms. The molecule has 1 saturated heterocycles. The van der Waals surface area contributed by atoms with E-state index in [1.807, 2.05) is 27.7 Å². The van der Waals surface area contributed by atoms with Gasteiger partial charge in [0.05, 0.1) is 17.8 Å². The van der Waals surface area contributed by atoms with Crippen LogP contribution in [0.4, 0.5) is 4.39 Å². The van der Waals surface area contributed by atoms with Crippen molar-refractivity contribution in [2.45, 2.75) is 45.8 Å². The minimum Gasteiger partial charge on any atom is -0.463 e. The fraction of sp³-hybridized carbons (Fsp3) is 0.471. The molecule has 0 saturated carbocycles. The number of halogens is 1. The van der Waals surface area contributed by atoms with Crippen LogP contribution in [0.5, 0.6) is 0 Å². The molecule has 0 amide bonds. The Morgan fingerprint density at radius 3 is 2.43 bits per heavy atom. The average molecular weight is 320 g/mol. The van der Waals surface area contributed by atoms with Crippen LogP contribution in [0.1, 0.15) is 40.2 Å². The second-order valence-electron chi connectivity index (χ2n) is 6.45. The van der Waals surface area contributed by atoms with E-state index in [4.69, 9.17) is 14.0 Å². The second kappa shape index (κ2) is 6.45. The van der Waals surface area contributed by atoms with Gasteiger partial charge in [-0.25, -0.2) is 9.18 Å². The van der Waals surface area contributed by atoms with Gasteiger partial charge in [0, 0.05) is 6.08 Å². The van der Waals surface area contributed by atoms with Gasteiger partial charge in [0.15, 0.2) is 0 Å². The molecule has 0 aromatic heterocycles. The number of carbonyl (C=O) groups excluding carboxylic acids is 1. The maximum atomic E-state index is 13.7. The molecule has 0 unspecified atom stereocenters. The lowest BCUT2D eigenvalue weighted by Crippen LogP contribution is -2.41. The van der Waals surface area contributed by atoms with Gasteiger partial charge in [-0.1, -0.05) is 6.07 Å². The standard InChI is InChI=1S/C17H22BFO4/c1-6-21-15(20)10-8-12-7-9-13(19)11-14(12)18-22-16(2,3)17(4,5)23-18/h7-11H,6H2,1-5H3/b10-8+. The molecule has 1 aromatic carbocycles. The van der Waals surface area contributed by atoms with Gasteiger partial charge in [0.2, 0.25) is 0 Å². The third-order valence-electron chi connectivity index (χ3n) is 4.24. The van der Waals surface area contributed by atoms with Crippen LogP contribution in [-0.4, -0.2) is 30.9 Å². The summed E-state index contributed by atoms with van der Waals surface area (Å²) in [4.78, 5) is 11.5. The molecule has 0 N–H and O–H groups in total. The summed E-state index contributed by atoms with van der Waals surface area (Å²) in [7, 11) is -0.697. The van der Waals surface area contributed by atoms with Crippen molar-refractivity contribution in [3.63, 3.8) is 0 Å². The molecule has 1 aliphatic rings. The van der Waals surface area contributed by atoms with E-state index in [0.717, 1.165) is 0 Å². The SMILES string of the molecule is CCOC(=O)/C=C/c1ccc(F)cc1B1OC(C)(C)C(C)(C)O1. The van der Waals surface area contributed by atoms with E-state index in [1.54, 1.807) is 19.1 Å². The average Bonchev–Trinajstić information content (AvgIpc) is 2.66. The first-order valence-corrected chi connectivity index (χ1v) is 7.66. The topological polar surface area (TPSA) is 44.8 Å². The summed E-state index contributed by atoms with van der Waals surface area (Å²) in [5.41, 5.74) is 0.153. The number of carbonyl (C=O) groups is 1. The van der Waals surface area contributed by atoms with Crippen LogP contribution in [-0.2, 0) is 18.8 Å². The van der Waals surface area contributed by atoms with Crippen molar-refractivity contribution >= 4 is 24.6 Å². The van der Waals surface area contributed by atoms with E-state index in [2.05, 4.69) is 0 Å². The molecule has 1 fully saturated rings. The van der Waals surface area contributed by atoms with Gasteiger partial charge in [0.25, 0.3) is 0 Å². The van der Waals surface area contributed by atoms with Crippen molar-refractivity contribution in [1.29, 1.82) is 0 Å². The lowest BCUT2D eigenvalue weighted by atomic mass is 9.75. The zero-order chi connectivity index (χ0) is 17.3. The highest BCUT2D eigenvalue weighted by molar-refractivity contribution is 6.63. The summed E-state index contributed by atoms with van der Waals surface area (Å²) in [5.74, 6) is -0.834. The van der Waals surface area contributed by atoms with Gasteiger partial charge in [-0.2, -0.15) is 0 Å². The zero-order valence-electron chi connectivity index (χ0n) is 14.2. The zero-order valence-corrected chi connectivity index (χ0v) is 14.2. The monoisotopic (exact) mass is 320 g/mol. The Morgan fingerprint density at radius 1 is 1.26 bits per heavy atom. The molecule has 1 heterocycles. The van der Waals surface area contributed by atoms with Crippen LogP contribution in [0.2, 0.25) is 0 Å². The van der Waals surface area contributed by atoms with Crippen molar-refractivity contribution in [3.05, 3.63) is 35.7 Å². The first kappa shape index (κ1) is 17.7. The van der Waals surface area contributed by atoms with E-state index in [1.165, 1.54) is 18.2 Å². The van der Waals surface area contributed by atoms with E-state index in [9.17, 15) is 9.18 Å². The van der Waals surface area contributed by atoms with Crippen molar-refractivity contribution in [2.75, 3.05) is 6.61 Å². The second-order valence-corrected chi connectivity index (χ2v) is 6.45. The van der Waals surface area contributed by atoms with Crippen LogP contribution < -0.4 is 5.46 Å². The number of rotatable bonds is 4. The lowest BCUT2D eigenvalue weighted by molar-refractivity contribution is -0.137. The third kappa shape index (κ3) is 3.82. The maximum Gasteiger partial charge on any atom is 0.495 e. The molecule has 2 rings (SSSR count). The largest absolute Gasteiger partial charge is 0.495 e. The van der Waals surface area contributed by atoms with Crippen molar-refractivity contribution < 1.29 is 23.2 Å². The van der Waals surface area contributed by atoms with Gasteiger partial charge in [-0.3, -0.25) is 0 Å². The molecule has 0 atom stereocenters. The van der Waals surface area contributed by atoms with Gasteiger partial charge < -0.3 is 14.0 Å². The Labute approximate surface area is 136 Å². The molecule has 124 valence electrons. The highest BCUT2D eigenvalue weighted by atomic mass is 19.1. The summed E-state index contributed by atoms with van der Waals surface area (Å²) >= 11 is 0. The molecule has 1 aromatic rings. The Morgan fingerprint density at radius 2 is 1.87 bits per heavy atom. The van der Waals surface area contributed by atoms with Crippen LogP contribution in [0.3, 0.4) is 0 Å². The first-order valence-electron chi connectivity index (χ1n) is 7.66. The Hall–Kier alpha value is -1.66. The summed E-state index contributed by atoms with van der Waals surface area (Å²) in [5, 5.41) is 0. The molecule has 1 aliphatic heterocycles. The number of esters is 1. The quantitative estimate of drug-likeness (QED) is 0.486. The normalized spacial score (nSPS) is 19.3. The summed E-state index contributed by atoms with van der Waals surface area (Å²) in [6.45, 7) is 9.76. The van der Waals surface area contributed by atoms with E-state index >= 15 is 0 Å². The van der Waals surface area contributed by atoms with E-state index < -0.39 is 24.3 Å².